The largest absolute Gasteiger partial charge is 0.416 e. The van der Waals surface area contributed by atoms with Gasteiger partial charge in [0.2, 0.25) is 0 Å². The molecule has 1 fully saturated rings. The third kappa shape index (κ3) is 3.62. The normalized spacial score (nSPS) is 14.1. The van der Waals surface area contributed by atoms with Gasteiger partial charge in [0.1, 0.15) is 5.82 Å². The highest BCUT2D eigenvalue weighted by Gasteiger charge is 2.34. The number of carbonyl (C=O) groups excluding carboxylic acids is 1. The first-order chi connectivity index (χ1) is 13.3. The molecule has 3 aromatic rings. The van der Waals surface area contributed by atoms with E-state index in [1.165, 1.54) is 41.2 Å². The summed E-state index contributed by atoms with van der Waals surface area (Å²) in [6, 6.07) is 10.3. The van der Waals surface area contributed by atoms with Gasteiger partial charge in [-0.15, -0.1) is 0 Å². The number of carbonyl (C=O) groups is 1. The van der Waals surface area contributed by atoms with Gasteiger partial charge in [-0.05, 0) is 49.2 Å². The zero-order valence-corrected chi connectivity index (χ0v) is 14.5. The molecule has 0 bridgehead atoms. The molecule has 0 unspecified atom stereocenters. The molecule has 0 spiro atoms. The number of anilines is 1. The van der Waals surface area contributed by atoms with Crippen molar-refractivity contribution in [2.24, 2.45) is 0 Å². The van der Waals surface area contributed by atoms with Crippen LogP contribution in [0.5, 0.6) is 0 Å². The van der Waals surface area contributed by atoms with Crippen molar-refractivity contribution in [3.05, 3.63) is 77.4 Å². The van der Waals surface area contributed by atoms with Crippen LogP contribution >= 0.6 is 0 Å². The van der Waals surface area contributed by atoms with Crippen LogP contribution in [-0.2, 0) is 6.18 Å². The van der Waals surface area contributed by atoms with Gasteiger partial charge in [0, 0.05) is 11.6 Å². The van der Waals surface area contributed by atoms with Crippen LogP contribution in [0.25, 0.3) is 5.69 Å². The molecule has 4 nitrogen and oxygen atoms in total. The van der Waals surface area contributed by atoms with E-state index in [1.54, 1.807) is 6.07 Å². The first kappa shape index (κ1) is 18.2. The fourth-order valence-electron chi connectivity index (χ4n) is 3.07. The Morgan fingerprint density at radius 3 is 2.54 bits per heavy atom. The summed E-state index contributed by atoms with van der Waals surface area (Å²) in [7, 11) is 0. The van der Waals surface area contributed by atoms with E-state index in [0.717, 1.165) is 25.0 Å². The Labute approximate surface area is 157 Å². The number of nitrogens with one attached hydrogen (secondary N) is 1. The topological polar surface area (TPSA) is 46.9 Å². The summed E-state index contributed by atoms with van der Waals surface area (Å²) < 4.78 is 53.8. The fraction of sp³-hybridized carbons (Fsp3) is 0.200. The summed E-state index contributed by atoms with van der Waals surface area (Å²) in [5, 5.41) is 6.78. The molecule has 1 aliphatic rings. The Kier molecular flexibility index (Phi) is 4.41. The number of aromatic nitrogens is 2. The maximum absolute atomic E-state index is 13.3. The van der Waals surface area contributed by atoms with Gasteiger partial charge in [0.15, 0.2) is 0 Å². The molecule has 1 N–H and O–H groups in total. The molecule has 28 heavy (non-hydrogen) atoms. The third-order valence-corrected chi connectivity index (χ3v) is 4.52. The first-order valence-corrected chi connectivity index (χ1v) is 8.65. The summed E-state index contributed by atoms with van der Waals surface area (Å²) in [6.07, 6.45) is -1.49. The number of rotatable bonds is 4. The Hall–Kier alpha value is -3.16. The van der Waals surface area contributed by atoms with Gasteiger partial charge in [0.25, 0.3) is 5.91 Å². The van der Waals surface area contributed by atoms with Crippen molar-refractivity contribution in [2.75, 3.05) is 5.32 Å². The van der Waals surface area contributed by atoms with Gasteiger partial charge in [0.05, 0.1) is 28.7 Å². The molecule has 1 aromatic heterocycles. The van der Waals surface area contributed by atoms with Crippen molar-refractivity contribution in [1.82, 2.24) is 9.78 Å². The predicted molar refractivity (Wildman–Crippen MR) is 94.9 cm³/mol. The quantitative estimate of drug-likeness (QED) is 0.627. The number of nitrogens with zero attached hydrogens (tertiary/aromatic N) is 2. The van der Waals surface area contributed by atoms with Crippen molar-refractivity contribution >= 4 is 11.6 Å². The predicted octanol–water partition coefficient (Wildman–Crippen LogP) is 5.16. The van der Waals surface area contributed by atoms with Gasteiger partial charge >= 0.3 is 6.18 Å². The number of benzene rings is 2. The highest BCUT2D eigenvalue weighted by Crippen LogP contribution is 2.43. The lowest BCUT2D eigenvalue weighted by atomic mass is 10.1. The zero-order valence-electron chi connectivity index (χ0n) is 14.5. The van der Waals surface area contributed by atoms with Crippen LogP contribution < -0.4 is 5.32 Å². The van der Waals surface area contributed by atoms with Crippen LogP contribution in [0, 0.1) is 5.82 Å². The summed E-state index contributed by atoms with van der Waals surface area (Å²) in [6.45, 7) is 0. The van der Waals surface area contributed by atoms with Crippen molar-refractivity contribution < 1.29 is 22.4 Å². The van der Waals surface area contributed by atoms with Crippen LogP contribution in [0.3, 0.4) is 0 Å². The van der Waals surface area contributed by atoms with Crippen molar-refractivity contribution in [2.45, 2.75) is 24.9 Å². The Morgan fingerprint density at radius 1 is 1.11 bits per heavy atom. The van der Waals surface area contributed by atoms with Gasteiger partial charge in [-0.3, -0.25) is 4.79 Å². The lowest BCUT2D eigenvalue weighted by Gasteiger charge is -2.12. The summed E-state index contributed by atoms with van der Waals surface area (Å²) in [5.41, 5.74) is 0.575. The molecule has 0 atom stereocenters. The van der Waals surface area contributed by atoms with Crippen LogP contribution in [-0.4, -0.2) is 15.7 Å². The molecule has 8 heteroatoms. The summed E-state index contributed by atoms with van der Waals surface area (Å²) in [5.74, 6) is -0.920. The Balaban J connectivity index is 1.70. The van der Waals surface area contributed by atoms with Crippen LogP contribution in [0.15, 0.2) is 54.7 Å². The summed E-state index contributed by atoms with van der Waals surface area (Å²) >= 11 is 0. The van der Waals surface area contributed by atoms with Crippen molar-refractivity contribution in [1.29, 1.82) is 0 Å². The number of hydrogen-bond acceptors (Lipinski definition) is 2. The van der Waals surface area contributed by atoms with E-state index in [1.807, 2.05) is 0 Å². The van der Waals surface area contributed by atoms with Gasteiger partial charge < -0.3 is 5.32 Å². The molecule has 0 aliphatic heterocycles. The maximum Gasteiger partial charge on any atom is 0.416 e. The lowest BCUT2D eigenvalue weighted by Crippen LogP contribution is -2.14. The molecule has 144 valence electrons. The van der Waals surface area contributed by atoms with E-state index in [2.05, 4.69) is 10.4 Å². The standard InChI is InChI=1S/C20H15F4N3O/c21-14-4-2-5-15(10-14)26-19(28)17-11-25-27(18(17)12-7-8-12)16-6-1-3-13(9-16)20(22,23)24/h1-6,9-12H,7-8H2,(H,26,28). The highest BCUT2D eigenvalue weighted by molar-refractivity contribution is 6.05. The van der Waals surface area contributed by atoms with Gasteiger partial charge in [-0.2, -0.15) is 18.3 Å². The number of hydrogen-bond donors (Lipinski definition) is 1. The average Bonchev–Trinajstić information content (AvgIpc) is 3.39. The fourth-order valence-corrected chi connectivity index (χ4v) is 3.07. The Morgan fingerprint density at radius 2 is 1.86 bits per heavy atom. The van der Waals surface area contributed by atoms with E-state index in [9.17, 15) is 22.4 Å². The van der Waals surface area contributed by atoms with E-state index in [-0.39, 0.29) is 17.2 Å². The number of amides is 1. The molecule has 1 aliphatic carbocycles. The first-order valence-electron chi connectivity index (χ1n) is 8.65. The number of halogens is 4. The molecule has 1 heterocycles. The highest BCUT2D eigenvalue weighted by atomic mass is 19.4. The van der Waals surface area contributed by atoms with Crippen molar-refractivity contribution in [3.63, 3.8) is 0 Å². The summed E-state index contributed by atoms with van der Waals surface area (Å²) in [4.78, 5) is 12.7. The number of alkyl halides is 3. The zero-order chi connectivity index (χ0) is 19.9. The van der Waals surface area contributed by atoms with Crippen LogP contribution in [0.1, 0.15) is 40.4 Å². The smallest absolute Gasteiger partial charge is 0.322 e. The minimum absolute atomic E-state index is 0.0466. The van der Waals surface area contributed by atoms with Crippen LogP contribution in [0.4, 0.5) is 23.2 Å². The van der Waals surface area contributed by atoms with Crippen LogP contribution in [0.2, 0.25) is 0 Å². The molecular formula is C20H15F4N3O. The van der Waals surface area contributed by atoms with Gasteiger partial charge in [-0.25, -0.2) is 9.07 Å². The second-order valence-electron chi connectivity index (χ2n) is 6.64. The maximum atomic E-state index is 13.3. The SMILES string of the molecule is O=C(Nc1cccc(F)c1)c1cnn(-c2cccc(C(F)(F)F)c2)c1C1CC1. The van der Waals surface area contributed by atoms with E-state index >= 15 is 0 Å². The van der Waals surface area contributed by atoms with E-state index in [0.29, 0.717) is 11.4 Å². The molecule has 2 aromatic carbocycles. The van der Waals surface area contributed by atoms with E-state index < -0.39 is 23.5 Å². The third-order valence-electron chi connectivity index (χ3n) is 4.52. The molecular weight excluding hydrogens is 374 g/mol. The second kappa shape index (κ2) is 6.78. The minimum Gasteiger partial charge on any atom is -0.322 e. The monoisotopic (exact) mass is 389 g/mol. The molecule has 0 saturated heterocycles. The van der Waals surface area contributed by atoms with Crippen molar-refractivity contribution in [3.8, 4) is 5.69 Å². The second-order valence-corrected chi connectivity index (χ2v) is 6.64. The molecule has 1 amide bonds. The molecule has 0 radical (unpaired) electrons. The molecule has 4 rings (SSSR count). The molecule has 1 saturated carbocycles. The lowest BCUT2D eigenvalue weighted by molar-refractivity contribution is -0.137. The van der Waals surface area contributed by atoms with E-state index in [4.69, 9.17) is 0 Å². The van der Waals surface area contributed by atoms with Gasteiger partial charge in [-0.1, -0.05) is 12.1 Å². The Bertz CT molecular complexity index is 1040. The minimum atomic E-state index is -4.47. The average molecular weight is 389 g/mol.